The molecule has 2 heteroatoms. The minimum atomic E-state index is -0.295. The normalized spacial score (nSPS) is 12.9. The highest BCUT2D eigenvalue weighted by Gasteiger charge is 2.04. The predicted molar refractivity (Wildman–Crippen MR) is 67.1 cm³/mol. The second-order valence-electron chi connectivity index (χ2n) is 4.66. The van der Waals surface area contributed by atoms with Gasteiger partial charge in [0.05, 0.1) is 12.7 Å². The van der Waals surface area contributed by atoms with Crippen LogP contribution in [0, 0.1) is 6.92 Å². The van der Waals surface area contributed by atoms with Crippen LogP contribution in [0.2, 0.25) is 0 Å². The van der Waals surface area contributed by atoms with Gasteiger partial charge in [-0.25, -0.2) is 0 Å². The van der Waals surface area contributed by atoms with Crippen LogP contribution in [0.3, 0.4) is 0 Å². The van der Waals surface area contributed by atoms with Crippen molar-refractivity contribution in [2.45, 2.75) is 46.1 Å². The fourth-order valence-electron chi connectivity index (χ4n) is 1.73. The van der Waals surface area contributed by atoms with Gasteiger partial charge in [-0.15, -0.1) is 0 Å². The molecule has 1 aromatic rings. The molecule has 0 radical (unpaired) electrons. The minimum absolute atomic E-state index is 0.295. The summed E-state index contributed by atoms with van der Waals surface area (Å²) in [6.07, 6.45) is 0.376. The van der Waals surface area contributed by atoms with Crippen LogP contribution in [-0.4, -0.2) is 17.8 Å². The average molecular weight is 222 g/mol. The van der Waals surface area contributed by atoms with E-state index in [0.717, 1.165) is 5.75 Å². The summed E-state index contributed by atoms with van der Waals surface area (Å²) >= 11 is 0. The number of hydrogen-bond acceptors (Lipinski definition) is 2. The molecule has 0 amide bonds. The Morgan fingerprint density at radius 1 is 1.25 bits per heavy atom. The molecular formula is C14H22O2. The molecule has 0 bridgehead atoms. The number of ether oxygens (including phenoxy) is 1. The maximum Gasteiger partial charge on any atom is 0.119 e. The van der Waals surface area contributed by atoms with Gasteiger partial charge >= 0.3 is 0 Å². The lowest BCUT2D eigenvalue weighted by Gasteiger charge is -2.12. The first-order valence-corrected chi connectivity index (χ1v) is 5.92. The molecule has 0 aliphatic heterocycles. The van der Waals surface area contributed by atoms with Crippen molar-refractivity contribution in [2.24, 2.45) is 0 Å². The van der Waals surface area contributed by atoms with Gasteiger partial charge in [-0.2, -0.15) is 0 Å². The van der Waals surface area contributed by atoms with E-state index in [1.807, 2.05) is 6.07 Å². The highest BCUT2D eigenvalue weighted by Crippen LogP contribution is 2.23. The molecule has 0 saturated heterocycles. The van der Waals surface area contributed by atoms with Crippen LogP contribution in [0.25, 0.3) is 0 Å². The zero-order valence-corrected chi connectivity index (χ0v) is 10.7. The van der Waals surface area contributed by atoms with Crippen molar-refractivity contribution in [2.75, 3.05) is 6.61 Å². The Bertz CT molecular complexity index is 330. The number of aliphatic hydroxyl groups is 1. The van der Waals surface area contributed by atoms with Gasteiger partial charge in [-0.3, -0.25) is 0 Å². The van der Waals surface area contributed by atoms with E-state index in [0.29, 0.717) is 18.9 Å². The molecular weight excluding hydrogens is 200 g/mol. The smallest absolute Gasteiger partial charge is 0.119 e. The lowest BCUT2D eigenvalue weighted by molar-refractivity contribution is 0.155. The van der Waals surface area contributed by atoms with Crippen LogP contribution in [0.15, 0.2) is 18.2 Å². The van der Waals surface area contributed by atoms with E-state index in [1.54, 1.807) is 6.92 Å². The van der Waals surface area contributed by atoms with E-state index in [-0.39, 0.29) is 6.10 Å². The lowest BCUT2D eigenvalue weighted by atomic mass is 9.98. The van der Waals surface area contributed by atoms with Crippen LogP contribution in [0.1, 0.15) is 44.2 Å². The monoisotopic (exact) mass is 222 g/mol. The SMILES string of the molecule is Cc1cc(OCCC(C)O)ccc1C(C)C. The molecule has 1 atom stereocenters. The van der Waals surface area contributed by atoms with Gasteiger partial charge in [0.1, 0.15) is 5.75 Å². The largest absolute Gasteiger partial charge is 0.493 e. The first-order chi connectivity index (χ1) is 7.50. The predicted octanol–water partition coefficient (Wildman–Crippen LogP) is 3.27. The van der Waals surface area contributed by atoms with Crippen LogP contribution in [0.5, 0.6) is 5.75 Å². The second-order valence-corrected chi connectivity index (χ2v) is 4.66. The summed E-state index contributed by atoms with van der Waals surface area (Å²) in [5.41, 5.74) is 2.63. The fraction of sp³-hybridized carbons (Fsp3) is 0.571. The number of hydrogen-bond donors (Lipinski definition) is 1. The molecule has 2 nitrogen and oxygen atoms in total. The maximum absolute atomic E-state index is 9.12. The van der Waals surface area contributed by atoms with Crippen molar-refractivity contribution >= 4 is 0 Å². The van der Waals surface area contributed by atoms with Gasteiger partial charge < -0.3 is 9.84 Å². The van der Waals surface area contributed by atoms with Gasteiger partial charge in [0.2, 0.25) is 0 Å². The first kappa shape index (κ1) is 13.0. The summed E-state index contributed by atoms with van der Waals surface area (Å²) in [6, 6.07) is 6.19. The van der Waals surface area contributed by atoms with Gasteiger partial charge in [-0.1, -0.05) is 19.9 Å². The summed E-state index contributed by atoms with van der Waals surface area (Å²) in [6.45, 7) is 8.83. The first-order valence-electron chi connectivity index (χ1n) is 5.92. The average Bonchev–Trinajstić information content (AvgIpc) is 2.16. The zero-order chi connectivity index (χ0) is 12.1. The third-order valence-corrected chi connectivity index (χ3v) is 2.67. The Morgan fingerprint density at radius 3 is 2.44 bits per heavy atom. The molecule has 1 unspecified atom stereocenters. The molecule has 0 fully saturated rings. The maximum atomic E-state index is 9.12. The molecule has 0 spiro atoms. The Morgan fingerprint density at radius 2 is 1.94 bits per heavy atom. The van der Waals surface area contributed by atoms with Crippen molar-refractivity contribution in [3.63, 3.8) is 0 Å². The van der Waals surface area contributed by atoms with Gasteiger partial charge in [0, 0.05) is 6.42 Å². The molecule has 1 aromatic carbocycles. The Kier molecular flexibility index (Phi) is 4.81. The molecule has 1 rings (SSSR count). The summed E-state index contributed by atoms with van der Waals surface area (Å²) in [7, 11) is 0. The van der Waals surface area contributed by atoms with Crippen molar-refractivity contribution in [3.8, 4) is 5.75 Å². The Hall–Kier alpha value is -1.02. The summed E-state index contributed by atoms with van der Waals surface area (Å²) in [5.74, 6) is 1.44. The van der Waals surface area contributed by atoms with Crippen LogP contribution < -0.4 is 4.74 Å². The molecule has 90 valence electrons. The molecule has 0 saturated carbocycles. The number of rotatable bonds is 5. The van der Waals surface area contributed by atoms with Crippen molar-refractivity contribution in [1.29, 1.82) is 0 Å². The van der Waals surface area contributed by atoms with Crippen LogP contribution in [0.4, 0.5) is 0 Å². The standard InChI is InChI=1S/C14H22O2/c1-10(2)14-6-5-13(9-11(14)3)16-8-7-12(4)15/h5-6,9-10,12,15H,7-8H2,1-4H3. The summed E-state index contributed by atoms with van der Waals surface area (Å²) < 4.78 is 5.57. The molecule has 0 aliphatic rings. The van der Waals surface area contributed by atoms with Gasteiger partial charge in [-0.05, 0) is 43.0 Å². The number of aliphatic hydroxyl groups excluding tert-OH is 1. The van der Waals surface area contributed by atoms with E-state index in [9.17, 15) is 0 Å². The topological polar surface area (TPSA) is 29.5 Å². The lowest BCUT2D eigenvalue weighted by Crippen LogP contribution is -2.07. The number of benzene rings is 1. The fourth-order valence-corrected chi connectivity index (χ4v) is 1.73. The molecule has 0 heterocycles. The Balaban J connectivity index is 2.59. The Labute approximate surface area is 98.3 Å². The van der Waals surface area contributed by atoms with E-state index >= 15 is 0 Å². The third kappa shape index (κ3) is 3.86. The molecule has 0 aromatic heterocycles. The highest BCUT2D eigenvalue weighted by molar-refractivity contribution is 5.36. The zero-order valence-electron chi connectivity index (χ0n) is 10.7. The van der Waals surface area contributed by atoms with E-state index < -0.39 is 0 Å². The van der Waals surface area contributed by atoms with Crippen LogP contribution in [-0.2, 0) is 0 Å². The summed E-state index contributed by atoms with van der Waals surface area (Å²) in [4.78, 5) is 0. The van der Waals surface area contributed by atoms with Crippen LogP contribution >= 0.6 is 0 Å². The van der Waals surface area contributed by atoms with Crippen molar-refractivity contribution in [1.82, 2.24) is 0 Å². The summed E-state index contributed by atoms with van der Waals surface area (Å²) in [5, 5.41) is 9.12. The highest BCUT2D eigenvalue weighted by atomic mass is 16.5. The van der Waals surface area contributed by atoms with Crippen molar-refractivity contribution < 1.29 is 9.84 Å². The third-order valence-electron chi connectivity index (χ3n) is 2.67. The number of aryl methyl sites for hydroxylation is 1. The van der Waals surface area contributed by atoms with Gasteiger partial charge in [0.15, 0.2) is 0 Å². The van der Waals surface area contributed by atoms with E-state index in [2.05, 4.69) is 32.9 Å². The van der Waals surface area contributed by atoms with Crippen molar-refractivity contribution in [3.05, 3.63) is 29.3 Å². The van der Waals surface area contributed by atoms with E-state index in [1.165, 1.54) is 11.1 Å². The second kappa shape index (κ2) is 5.90. The minimum Gasteiger partial charge on any atom is -0.493 e. The molecule has 16 heavy (non-hydrogen) atoms. The molecule has 1 N–H and O–H groups in total. The molecule has 0 aliphatic carbocycles. The van der Waals surface area contributed by atoms with Gasteiger partial charge in [0.25, 0.3) is 0 Å². The quantitative estimate of drug-likeness (QED) is 0.828. The van der Waals surface area contributed by atoms with E-state index in [4.69, 9.17) is 9.84 Å².